The minimum Gasteiger partial charge on any atom is -0.462 e. The van der Waals surface area contributed by atoms with Gasteiger partial charge in [-0.25, -0.2) is 14.2 Å². The summed E-state index contributed by atoms with van der Waals surface area (Å²) in [5, 5.41) is 11.1. The Balaban J connectivity index is 1.55. The molecular weight excluding hydrogens is 485 g/mol. The van der Waals surface area contributed by atoms with Gasteiger partial charge in [-0.1, -0.05) is 30.3 Å². The van der Waals surface area contributed by atoms with Crippen LogP contribution in [0, 0.1) is 19.7 Å². The fourth-order valence-electron chi connectivity index (χ4n) is 4.55. The van der Waals surface area contributed by atoms with Crippen molar-refractivity contribution in [1.82, 2.24) is 19.9 Å². The van der Waals surface area contributed by atoms with Crippen LogP contribution in [0.4, 0.5) is 15.9 Å². The molecule has 5 rings (SSSR count). The van der Waals surface area contributed by atoms with E-state index in [4.69, 9.17) is 4.74 Å². The second-order valence-corrected chi connectivity index (χ2v) is 9.24. The molecule has 2 N–H and O–H groups in total. The van der Waals surface area contributed by atoms with Gasteiger partial charge in [-0.3, -0.25) is 4.79 Å². The van der Waals surface area contributed by atoms with E-state index in [0.29, 0.717) is 24.3 Å². The molecule has 0 bridgehead atoms. The van der Waals surface area contributed by atoms with Crippen LogP contribution in [-0.4, -0.2) is 45.5 Å². The quantitative estimate of drug-likeness (QED) is 0.264. The fraction of sp³-hybridized carbons (Fsp3) is 0.241. The van der Waals surface area contributed by atoms with Crippen molar-refractivity contribution in [2.45, 2.75) is 33.2 Å². The van der Waals surface area contributed by atoms with Crippen molar-refractivity contribution in [3.63, 3.8) is 0 Å². The van der Waals surface area contributed by atoms with Crippen LogP contribution in [0.2, 0.25) is 0 Å². The number of carbonyl (C=O) groups excluding carboxylic acids is 2. The normalized spacial score (nSPS) is 15.3. The summed E-state index contributed by atoms with van der Waals surface area (Å²) >= 11 is 0. The number of fused-ring (bicyclic) bond motifs is 1. The first-order chi connectivity index (χ1) is 18.4. The highest BCUT2D eigenvalue weighted by atomic mass is 19.1. The molecule has 2 aromatic carbocycles. The number of nitrogens with one attached hydrogen (secondary N) is 2. The molecule has 3 heterocycles. The number of anilines is 2. The molecule has 0 amide bonds. The van der Waals surface area contributed by atoms with Crippen LogP contribution in [0.3, 0.4) is 0 Å². The van der Waals surface area contributed by atoms with E-state index in [1.54, 1.807) is 19.1 Å². The van der Waals surface area contributed by atoms with E-state index >= 15 is 0 Å². The lowest BCUT2D eigenvalue weighted by molar-refractivity contribution is 0.0528. The highest BCUT2D eigenvalue weighted by Gasteiger charge is 2.29. The average molecular weight is 514 g/mol. The lowest BCUT2D eigenvalue weighted by atomic mass is 9.91. The van der Waals surface area contributed by atoms with Gasteiger partial charge in [0.15, 0.2) is 11.4 Å². The maximum atomic E-state index is 13.9. The van der Waals surface area contributed by atoms with E-state index in [1.807, 2.05) is 38.1 Å². The van der Waals surface area contributed by atoms with Crippen molar-refractivity contribution in [3.05, 3.63) is 94.6 Å². The minimum atomic E-state index is -0.533. The lowest BCUT2D eigenvalue weighted by Crippen LogP contribution is -2.40. The molecule has 0 spiro atoms. The average Bonchev–Trinajstić information content (AvgIpc) is 3.36. The Kier molecular flexibility index (Phi) is 7.02. The molecule has 194 valence electrons. The second kappa shape index (κ2) is 10.5. The summed E-state index contributed by atoms with van der Waals surface area (Å²) in [7, 11) is 0. The maximum absolute atomic E-state index is 13.9. The number of Topliss-reactive ketones (excluding diaryl/α,β-unsaturated/α-hetero) is 1. The zero-order chi connectivity index (χ0) is 26.8. The number of carbonyl (C=O) groups is 2. The third-order valence-electron chi connectivity index (χ3n) is 6.60. The molecule has 4 aromatic rings. The molecule has 9 heteroatoms. The van der Waals surface area contributed by atoms with Crippen molar-refractivity contribution in [2.75, 3.05) is 18.5 Å². The summed E-state index contributed by atoms with van der Waals surface area (Å²) in [6.07, 6.45) is 5.32. The van der Waals surface area contributed by atoms with Gasteiger partial charge in [-0.15, -0.1) is 0 Å². The van der Waals surface area contributed by atoms with Gasteiger partial charge in [0.1, 0.15) is 17.2 Å². The molecule has 2 aromatic heterocycles. The SMILES string of the molecule is CCOC(=O)c1cnn2c(Nc3cc(C)ccc3C)c(C(=O)C3CC(c4ccc(F)cc4)=CCN3)cnc12. The number of halogens is 1. The Morgan fingerprint density at radius 1 is 1.13 bits per heavy atom. The van der Waals surface area contributed by atoms with Gasteiger partial charge in [0.2, 0.25) is 0 Å². The largest absolute Gasteiger partial charge is 0.462 e. The predicted molar refractivity (Wildman–Crippen MR) is 143 cm³/mol. The van der Waals surface area contributed by atoms with E-state index in [1.165, 1.54) is 29.0 Å². The number of benzene rings is 2. The van der Waals surface area contributed by atoms with Crippen LogP contribution in [0.1, 0.15) is 50.8 Å². The van der Waals surface area contributed by atoms with E-state index in [-0.39, 0.29) is 29.4 Å². The molecule has 38 heavy (non-hydrogen) atoms. The van der Waals surface area contributed by atoms with E-state index in [0.717, 1.165) is 28.0 Å². The van der Waals surface area contributed by atoms with Crippen LogP contribution in [0.15, 0.2) is 60.9 Å². The summed E-state index contributed by atoms with van der Waals surface area (Å²) in [4.78, 5) is 30.9. The van der Waals surface area contributed by atoms with E-state index in [2.05, 4.69) is 20.7 Å². The molecule has 0 aliphatic carbocycles. The first kappa shape index (κ1) is 25.3. The van der Waals surface area contributed by atoms with Crippen molar-refractivity contribution >= 4 is 34.5 Å². The van der Waals surface area contributed by atoms with Gasteiger partial charge >= 0.3 is 5.97 Å². The van der Waals surface area contributed by atoms with E-state index in [9.17, 15) is 14.0 Å². The summed E-state index contributed by atoms with van der Waals surface area (Å²) in [5.41, 5.74) is 5.51. The molecule has 8 nitrogen and oxygen atoms in total. The predicted octanol–water partition coefficient (Wildman–Crippen LogP) is 5.03. The number of rotatable bonds is 7. The monoisotopic (exact) mass is 513 g/mol. The molecule has 0 radical (unpaired) electrons. The summed E-state index contributed by atoms with van der Waals surface area (Å²) < 4.78 is 20.1. The highest BCUT2D eigenvalue weighted by molar-refractivity contribution is 6.06. The number of hydrogen-bond donors (Lipinski definition) is 2. The van der Waals surface area contributed by atoms with Crippen LogP contribution >= 0.6 is 0 Å². The second-order valence-electron chi connectivity index (χ2n) is 9.24. The first-order valence-electron chi connectivity index (χ1n) is 12.5. The van der Waals surface area contributed by atoms with E-state index < -0.39 is 12.0 Å². The van der Waals surface area contributed by atoms with Crippen LogP contribution in [-0.2, 0) is 4.74 Å². The molecule has 0 saturated carbocycles. The van der Waals surface area contributed by atoms with Crippen molar-refractivity contribution in [2.24, 2.45) is 0 Å². The lowest BCUT2D eigenvalue weighted by Gasteiger charge is -2.25. The molecule has 0 fully saturated rings. The number of esters is 1. The molecule has 1 aliphatic rings. The number of ether oxygens (including phenoxy) is 1. The van der Waals surface area contributed by atoms with Gasteiger partial charge in [0.05, 0.1) is 24.4 Å². The smallest absolute Gasteiger partial charge is 0.343 e. The summed E-state index contributed by atoms with van der Waals surface area (Å²) in [6.45, 7) is 6.40. The third-order valence-corrected chi connectivity index (χ3v) is 6.60. The van der Waals surface area contributed by atoms with Gasteiger partial charge < -0.3 is 15.4 Å². The topological polar surface area (TPSA) is 97.6 Å². The third kappa shape index (κ3) is 4.92. The summed E-state index contributed by atoms with van der Waals surface area (Å²) in [6, 6.07) is 11.7. The number of hydrogen-bond acceptors (Lipinski definition) is 7. The number of aryl methyl sites for hydroxylation is 2. The Bertz CT molecular complexity index is 1560. The number of nitrogens with zero attached hydrogens (tertiary/aromatic N) is 3. The standard InChI is InChI=1S/C29H28FN5O3/c1-4-38-29(37)23-16-33-35-27(23)32-15-22(28(35)34-24-13-17(2)5-6-18(24)3)26(36)25-14-20(11-12-31-25)19-7-9-21(30)10-8-19/h5-11,13,15-16,25,31,34H,4,12,14H2,1-3H3. The number of ketones is 1. The Labute approximate surface area is 219 Å². The van der Waals surface area contributed by atoms with Crippen LogP contribution < -0.4 is 10.6 Å². The first-order valence-corrected chi connectivity index (χ1v) is 12.5. The molecular formula is C29H28FN5O3. The Morgan fingerprint density at radius 3 is 2.68 bits per heavy atom. The fourth-order valence-corrected chi connectivity index (χ4v) is 4.55. The van der Waals surface area contributed by atoms with Gasteiger partial charge in [-0.05, 0) is 67.7 Å². The molecule has 1 atom stereocenters. The van der Waals surface area contributed by atoms with Gasteiger partial charge in [-0.2, -0.15) is 9.61 Å². The minimum absolute atomic E-state index is 0.173. The molecule has 1 unspecified atom stereocenters. The van der Waals surface area contributed by atoms with Crippen molar-refractivity contribution in [3.8, 4) is 0 Å². The van der Waals surface area contributed by atoms with Crippen molar-refractivity contribution < 1.29 is 18.7 Å². The van der Waals surface area contributed by atoms with Gasteiger partial charge in [0, 0.05) is 18.4 Å². The Hall–Kier alpha value is -4.37. The van der Waals surface area contributed by atoms with Crippen molar-refractivity contribution in [1.29, 1.82) is 0 Å². The van der Waals surface area contributed by atoms with Crippen LogP contribution in [0.25, 0.3) is 11.2 Å². The zero-order valence-corrected chi connectivity index (χ0v) is 21.4. The number of aromatic nitrogens is 3. The summed E-state index contributed by atoms with van der Waals surface area (Å²) in [5.74, 6) is -0.606. The Morgan fingerprint density at radius 2 is 1.92 bits per heavy atom. The van der Waals surface area contributed by atoms with Crippen LogP contribution in [0.5, 0.6) is 0 Å². The molecule has 1 aliphatic heterocycles. The highest BCUT2D eigenvalue weighted by Crippen LogP contribution is 2.30. The van der Waals surface area contributed by atoms with Gasteiger partial charge in [0.25, 0.3) is 0 Å². The zero-order valence-electron chi connectivity index (χ0n) is 21.4. The maximum Gasteiger partial charge on any atom is 0.343 e. The molecule has 0 saturated heterocycles.